The van der Waals surface area contributed by atoms with Gasteiger partial charge < -0.3 is 5.32 Å². The molecular weight excluding hydrogens is 288 g/mol. The van der Waals surface area contributed by atoms with Gasteiger partial charge in [0.05, 0.1) is 3.79 Å². The third-order valence-electron chi connectivity index (χ3n) is 2.49. The molecule has 0 bridgehead atoms. The second kappa shape index (κ2) is 3.43. The Labute approximate surface area is 104 Å². The first-order valence-corrected chi connectivity index (χ1v) is 6.42. The maximum atomic E-state index is 4.54. The van der Waals surface area contributed by atoms with E-state index >= 15 is 0 Å². The van der Waals surface area contributed by atoms with Crippen LogP contribution in [0.3, 0.4) is 0 Å². The average Bonchev–Trinajstić information content (AvgIpc) is 2.80. The lowest BCUT2D eigenvalue weighted by atomic mass is 10.4. The monoisotopic (exact) mass is 296 g/mol. The van der Waals surface area contributed by atoms with E-state index in [4.69, 9.17) is 0 Å². The van der Waals surface area contributed by atoms with Crippen LogP contribution in [0.25, 0.3) is 16.0 Å². The molecule has 82 valence electrons. The summed E-state index contributed by atoms with van der Waals surface area (Å²) in [4.78, 5) is 10.0. The first-order chi connectivity index (χ1) is 7.70. The van der Waals surface area contributed by atoms with Crippen molar-refractivity contribution in [3.8, 4) is 0 Å². The topological polar surface area (TPSA) is 42.2 Å². The standard InChI is InChI=1S/C10H9BrN4S/c1-5-4-13-9-8(12-2)14-6-3-7(11)16-10(6)15(5)9/h3-4H,1-2H3,(H,12,14). The second-order valence-electron chi connectivity index (χ2n) is 3.51. The number of hydrogen-bond acceptors (Lipinski definition) is 4. The Kier molecular flexibility index (Phi) is 2.15. The van der Waals surface area contributed by atoms with Crippen molar-refractivity contribution in [1.29, 1.82) is 0 Å². The highest BCUT2D eigenvalue weighted by Crippen LogP contribution is 2.31. The molecule has 6 heteroatoms. The molecule has 0 fully saturated rings. The normalized spacial score (nSPS) is 11.4. The molecule has 1 N–H and O–H groups in total. The summed E-state index contributed by atoms with van der Waals surface area (Å²) in [6.45, 7) is 2.05. The highest BCUT2D eigenvalue weighted by Gasteiger charge is 2.12. The van der Waals surface area contributed by atoms with Crippen molar-refractivity contribution in [1.82, 2.24) is 14.4 Å². The van der Waals surface area contributed by atoms with Crippen LogP contribution in [-0.2, 0) is 0 Å². The van der Waals surface area contributed by atoms with E-state index in [9.17, 15) is 0 Å². The number of anilines is 1. The maximum Gasteiger partial charge on any atom is 0.181 e. The number of aryl methyl sites for hydroxylation is 1. The molecule has 0 saturated carbocycles. The number of hydrogen-bond donors (Lipinski definition) is 1. The number of halogens is 1. The summed E-state index contributed by atoms with van der Waals surface area (Å²) in [7, 11) is 1.86. The van der Waals surface area contributed by atoms with E-state index in [0.717, 1.165) is 31.3 Å². The van der Waals surface area contributed by atoms with Crippen LogP contribution in [0.5, 0.6) is 0 Å². The first kappa shape index (κ1) is 10.0. The van der Waals surface area contributed by atoms with Crippen LogP contribution in [0.2, 0.25) is 0 Å². The van der Waals surface area contributed by atoms with E-state index < -0.39 is 0 Å². The number of nitrogens with zero attached hydrogens (tertiary/aromatic N) is 3. The van der Waals surface area contributed by atoms with Crippen molar-refractivity contribution in [3.63, 3.8) is 0 Å². The third kappa shape index (κ3) is 1.26. The molecule has 4 nitrogen and oxygen atoms in total. The van der Waals surface area contributed by atoms with Crippen LogP contribution in [0.1, 0.15) is 5.69 Å². The lowest BCUT2D eigenvalue weighted by Gasteiger charge is -2.04. The zero-order valence-electron chi connectivity index (χ0n) is 8.78. The van der Waals surface area contributed by atoms with Gasteiger partial charge in [0, 0.05) is 18.9 Å². The Morgan fingerprint density at radius 3 is 3.06 bits per heavy atom. The fourth-order valence-electron chi connectivity index (χ4n) is 1.78. The van der Waals surface area contributed by atoms with Crippen LogP contribution in [0, 0.1) is 6.92 Å². The molecule has 0 atom stereocenters. The molecule has 0 aliphatic carbocycles. The Hall–Kier alpha value is -1.14. The molecule has 0 saturated heterocycles. The molecule has 0 unspecified atom stereocenters. The summed E-state index contributed by atoms with van der Waals surface area (Å²) in [6, 6.07) is 2.03. The number of aromatic nitrogens is 3. The predicted octanol–water partition coefficient (Wildman–Crippen LogP) is 3.06. The minimum Gasteiger partial charge on any atom is -0.370 e. The average molecular weight is 297 g/mol. The first-order valence-electron chi connectivity index (χ1n) is 4.81. The molecule has 0 spiro atoms. The summed E-state index contributed by atoms with van der Waals surface area (Å²) in [5.41, 5.74) is 2.98. The van der Waals surface area contributed by atoms with Gasteiger partial charge in [0.2, 0.25) is 0 Å². The molecule has 3 rings (SSSR count). The lowest BCUT2D eigenvalue weighted by molar-refractivity contribution is 1.15. The zero-order chi connectivity index (χ0) is 11.3. The fourth-order valence-corrected chi connectivity index (χ4v) is 3.35. The molecule has 0 aromatic carbocycles. The summed E-state index contributed by atoms with van der Waals surface area (Å²) in [5.74, 6) is 0.811. The highest BCUT2D eigenvalue weighted by atomic mass is 79.9. The van der Waals surface area contributed by atoms with Crippen LogP contribution < -0.4 is 5.32 Å². The minimum absolute atomic E-state index is 0.811. The molecule has 16 heavy (non-hydrogen) atoms. The number of nitrogens with one attached hydrogen (secondary N) is 1. The fraction of sp³-hybridized carbons (Fsp3) is 0.200. The van der Waals surface area contributed by atoms with Gasteiger partial charge >= 0.3 is 0 Å². The molecule has 0 radical (unpaired) electrons. The maximum absolute atomic E-state index is 4.54. The second-order valence-corrected chi connectivity index (χ2v) is 5.92. The van der Waals surface area contributed by atoms with Crippen molar-refractivity contribution >= 4 is 49.1 Å². The summed E-state index contributed by atoms with van der Waals surface area (Å²) >= 11 is 5.16. The van der Waals surface area contributed by atoms with Crippen molar-refractivity contribution in [2.24, 2.45) is 0 Å². The number of thiophene rings is 1. The molecule has 3 aromatic heterocycles. The molecular formula is C10H9BrN4S. The van der Waals surface area contributed by atoms with Crippen LogP contribution in [0.4, 0.5) is 5.82 Å². The number of rotatable bonds is 1. The van der Waals surface area contributed by atoms with Crippen molar-refractivity contribution in [2.75, 3.05) is 12.4 Å². The van der Waals surface area contributed by atoms with E-state index in [2.05, 4.69) is 35.6 Å². The summed E-state index contributed by atoms with van der Waals surface area (Å²) in [6.07, 6.45) is 1.87. The molecule has 3 heterocycles. The molecule has 3 aromatic rings. The van der Waals surface area contributed by atoms with Crippen LogP contribution in [-0.4, -0.2) is 21.4 Å². The Balaban J connectivity index is 2.59. The van der Waals surface area contributed by atoms with E-state index in [1.165, 1.54) is 0 Å². The van der Waals surface area contributed by atoms with E-state index in [-0.39, 0.29) is 0 Å². The minimum atomic E-state index is 0.811. The zero-order valence-corrected chi connectivity index (χ0v) is 11.2. The van der Waals surface area contributed by atoms with Gasteiger partial charge in [0.1, 0.15) is 10.3 Å². The smallest absolute Gasteiger partial charge is 0.181 e. The van der Waals surface area contributed by atoms with Gasteiger partial charge in [0.15, 0.2) is 11.5 Å². The van der Waals surface area contributed by atoms with E-state index in [0.29, 0.717) is 0 Å². The quantitative estimate of drug-likeness (QED) is 0.750. The van der Waals surface area contributed by atoms with E-state index in [1.54, 1.807) is 11.3 Å². The van der Waals surface area contributed by atoms with Gasteiger partial charge in [-0.05, 0) is 28.9 Å². The molecule has 0 amide bonds. The van der Waals surface area contributed by atoms with E-state index in [1.807, 2.05) is 26.2 Å². The Bertz CT molecular complexity index is 685. The van der Waals surface area contributed by atoms with Crippen LogP contribution >= 0.6 is 27.3 Å². The summed E-state index contributed by atoms with van der Waals surface area (Å²) < 4.78 is 3.21. The number of fused-ring (bicyclic) bond motifs is 3. The van der Waals surface area contributed by atoms with Gasteiger partial charge in [-0.25, -0.2) is 9.97 Å². The SMILES string of the molecule is CNc1nc2cc(Br)sc2n2c(C)cnc12. The Morgan fingerprint density at radius 1 is 1.50 bits per heavy atom. The lowest BCUT2D eigenvalue weighted by Crippen LogP contribution is -1.98. The van der Waals surface area contributed by atoms with Crippen molar-refractivity contribution in [3.05, 3.63) is 21.7 Å². The van der Waals surface area contributed by atoms with Gasteiger partial charge in [-0.3, -0.25) is 4.40 Å². The van der Waals surface area contributed by atoms with Crippen molar-refractivity contribution in [2.45, 2.75) is 6.92 Å². The van der Waals surface area contributed by atoms with Gasteiger partial charge in [0.25, 0.3) is 0 Å². The molecule has 0 aliphatic heterocycles. The van der Waals surface area contributed by atoms with Gasteiger partial charge in [-0.1, -0.05) is 0 Å². The van der Waals surface area contributed by atoms with Gasteiger partial charge in [-0.15, -0.1) is 11.3 Å². The predicted molar refractivity (Wildman–Crippen MR) is 70.4 cm³/mol. The highest BCUT2D eigenvalue weighted by molar-refractivity contribution is 9.11. The summed E-state index contributed by atoms with van der Waals surface area (Å²) in [5, 5.41) is 3.08. The van der Waals surface area contributed by atoms with Crippen molar-refractivity contribution < 1.29 is 0 Å². The van der Waals surface area contributed by atoms with Gasteiger partial charge in [-0.2, -0.15) is 0 Å². The molecule has 0 aliphatic rings. The Morgan fingerprint density at radius 2 is 2.31 bits per heavy atom. The number of imidazole rings is 1. The third-order valence-corrected chi connectivity index (χ3v) is 4.10. The van der Waals surface area contributed by atoms with Crippen LogP contribution in [0.15, 0.2) is 16.0 Å². The largest absolute Gasteiger partial charge is 0.370 e.